The summed E-state index contributed by atoms with van der Waals surface area (Å²) in [7, 11) is 0. The summed E-state index contributed by atoms with van der Waals surface area (Å²) in [5, 5.41) is 0. The highest BCUT2D eigenvalue weighted by Gasteiger charge is 2.04. The normalized spacial score (nSPS) is 13.0. The Bertz CT molecular complexity index is 612. The van der Waals surface area contributed by atoms with Crippen LogP contribution in [0.15, 0.2) is 76.9 Å². The molecule has 0 amide bonds. The van der Waals surface area contributed by atoms with Gasteiger partial charge in [0.15, 0.2) is 0 Å². The maximum absolute atomic E-state index is 10.1. The van der Waals surface area contributed by atoms with Crippen molar-refractivity contribution in [2.45, 2.75) is 40.7 Å². The van der Waals surface area contributed by atoms with Gasteiger partial charge in [0, 0.05) is 6.20 Å². The fourth-order valence-corrected chi connectivity index (χ4v) is 1.73. The number of rotatable bonds is 7. The van der Waals surface area contributed by atoms with Crippen LogP contribution in [0.25, 0.3) is 0 Å². The predicted molar refractivity (Wildman–Crippen MR) is 114 cm³/mol. The third kappa shape index (κ3) is 12.8. The molecule has 2 radical (unpaired) electrons. The highest BCUT2D eigenvalue weighted by Crippen LogP contribution is 2.16. The van der Waals surface area contributed by atoms with Gasteiger partial charge in [0.1, 0.15) is 6.29 Å². The number of hydrogen-bond acceptors (Lipinski definition) is 3. The van der Waals surface area contributed by atoms with E-state index >= 15 is 0 Å². The molecule has 1 rings (SSSR count). The van der Waals surface area contributed by atoms with Gasteiger partial charge in [-0.15, -0.1) is 0 Å². The van der Waals surface area contributed by atoms with E-state index < -0.39 is 0 Å². The minimum atomic E-state index is 0. The summed E-state index contributed by atoms with van der Waals surface area (Å²) in [5.74, 6) is 0. The molecule has 0 aromatic heterocycles. The molecule has 0 bridgehead atoms. The molecule has 0 spiro atoms. The Labute approximate surface area is 159 Å². The van der Waals surface area contributed by atoms with Crippen LogP contribution in [0.5, 0.6) is 0 Å². The SMILES string of the molecule is CC.CC(=N\C=C/C=C\C=C/C=O)C(C)=NC(C)c1ccccc1.[CH3].[OH]. The summed E-state index contributed by atoms with van der Waals surface area (Å²) in [6.07, 6.45) is 11.0. The van der Waals surface area contributed by atoms with Gasteiger partial charge in [-0.25, -0.2) is 0 Å². The lowest BCUT2D eigenvalue weighted by molar-refractivity contribution is -0.104. The number of carbonyl (C=O) groups excluding carboxylic acids is 1. The van der Waals surface area contributed by atoms with Gasteiger partial charge in [-0.05, 0) is 38.5 Å². The van der Waals surface area contributed by atoms with E-state index in [4.69, 9.17) is 0 Å². The van der Waals surface area contributed by atoms with Gasteiger partial charge in [-0.1, -0.05) is 69.8 Å². The lowest BCUT2D eigenvalue weighted by atomic mass is 10.1. The summed E-state index contributed by atoms with van der Waals surface area (Å²) in [5.41, 5.74) is 3.00. The Morgan fingerprint density at radius 1 is 0.923 bits per heavy atom. The van der Waals surface area contributed by atoms with Crippen molar-refractivity contribution < 1.29 is 10.3 Å². The molecule has 142 valence electrons. The van der Waals surface area contributed by atoms with Gasteiger partial charge < -0.3 is 0 Å². The molecule has 1 atom stereocenters. The van der Waals surface area contributed by atoms with Crippen LogP contribution >= 0.6 is 0 Å². The van der Waals surface area contributed by atoms with Crippen molar-refractivity contribution in [3.63, 3.8) is 0 Å². The Balaban J connectivity index is -0.00000127. The first-order valence-electron chi connectivity index (χ1n) is 8.23. The van der Waals surface area contributed by atoms with E-state index in [1.54, 1.807) is 18.4 Å². The molecule has 0 aliphatic carbocycles. The molecule has 0 heterocycles. The van der Waals surface area contributed by atoms with E-state index in [1.807, 2.05) is 58.0 Å². The van der Waals surface area contributed by atoms with Crippen molar-refractivity contribution in [1.82, 2.24) is 0 Å². The molecule has 1 N–H and O–H groups in total. The number of nitrogens with zero attached hydrogens (tertiary/aromatic N) is 2. The van der Waals surface area contributed by atoms with Crippen molar-refractivity contribution in [1.29, 1.82) is 0 Å². The Morgan fingerprint density at radius 2 is 1.46 bits per heavy atom. The van der Waals surface area contributed by atoms with Crippen molar-refractivity contribution in [3.05, 3.63) is 79.9 Å². The van der Waals surface area contributed by atoms with Crippen LogP contribution in [0, 0.1) is 7.43 Å². The monoisotopic (exact) mass is 356 g/mol. The molecule has 4 nitrogen and oxygen atoms in total. The molecule has 0 aliphatic heterocycles. The highest BCUT2D eigenvalue weighted by atomic mass is 16.1. The van der Waals surface area contributed by atoms with Crippen molar-refractivity contribution >= 4 is 17.7 Å². The molecule has 0 aliphatic rings. The smallest absolute Gasteiger partial charge is 0.142 e. The van der Waals surface area contributed by atoms with E-state index in [2.05, 4.69) is 29.0 Å². The van der Waals surface area contributed by atoms with E-state index in [-0.39, 0.29) is 18.9 Å². The maximum Gasteiger partial charge on any atom is 0.142 e. The van der Waals surface area contributed by atoms with E-state index in [0.29, 0.717) is 0 Å². The molecule has 26 heavy (non-hydrogen) atoms. The van der Waals surface area contributed by atoms with Crippen molar-refractivity contribution in [2.75, 3.05) is 0 Å². The topological polar surface area (TPSA) is 71.8 Å². The first kappa shape index (κ1) is 28.2. The fraction of sp³-hybridized carbons (Fsp3) is 0.273. The average molecular weight is 357 g/mol. The van der Waals surface area contributed by atoms with Crippen LogP contribution in [-0.4, -0.2) is 23.2 Å². The van der Waals surface area contributed by atoms with Gasteiger partial charge in [-0.3, -0.25) is 20.3 Å². The zero-order valence-electron chi connectivity index (χ0n) is 16.8. The van der Waals surface area contributed by atoms with E-state index in [0.717, 1.165) is 17.7 Å². The Morgan fingerprint density at radius 3 is 2.04 bits per heavy atom. The second-order valence-corrected chi connectivity index (χ2v) is 4.76. The third-order valence-electron chi connectivity index (χ3n) is 3.07. The van der Waals surface area contributed by atoms with Gasteiger partial charge >= 0.3 is 0 Å². The average Bonchev–Trinajstić information content (AvgIpc) is 2.63. The molecular weight excluding hydrogens is 324 g/mol. The van der Waals surface area contributed by atoms with Crippen molar-refractivity contribution in [3.8, 4) is 0 Å². The fourth-order valence-electron chi connectivity index (χ4n) is 1.73. The van der Waals surface area contributed by atoms with Crippen LogP contribution in [0.2, 0.25) is 0 Å². The molecule has 1 aromatic rings. The third-order valence-corrected chi connectivity index (χ3v) is 3.07. The second kappa shape index (κ2) is 18.7. The lowest BCUT2D eigenvalue weighted by Crippen LogP contribution is -2.07. The van der Waals surface area contributed by atoms with Crippen LogP contribution in [0.4, 0.5) is 0 Å². The number of hydrogen-bond donors (Lipinski definition) is 1. The predicted octanol–water partition coefficient (Wildman–Crippen LogP) is 5.79. The first-order valence-corrected chi connectivity index (χ1v) is 8.23. The Kier molecular flexibility index (Phi) is 20.3. The minimum Gasteiger partial charge on any atom is -0.299 e. The number of allylic oxidation sites excluding steroid dienone is 5. The summed E-state index contributed by atoms with van der Waals surface area (Å²) < 4.78 is 0. The second-order valence-electron chi connectivity index (χ2n) is 4.76. The molecule has 0 fully saturated rings. The van der Waals surface area contributed by atoms with Gasteiger partial charge in [0.2, 0.25) is 0 Å². The molecule has 4 heteroatoms. The van der Waals surface area contributed by atoms with Crippen LogP contribution in [0.3, 0.4) is 0 Å². The lowest BCUT2D eigenvalue weighted by Gasteiger charge is -2.08. The van der Waals surface area contributed by atoms with Crippen LogP contribution < -0.4 is 0 Å². The van der Waals surface area contributed by atoms with Gasteiger partial charge in [0.25, 0.3) is 0 Å². The van der Waals surface area contributed by atoms with E-state index in [9.17, 15) is 4.79 Å². The molecule has 0 saturated carbocycles. The quantitative estimate of drug-likeness (QED) is 0.285. The van der Waals surface area contributed by atoms with E-state index in [1.165, 1.54) is 11.6 Å². The number of benzene rings is 1. The van der Waals surface area contributed by atoms with Gasteiger partial charge in [-0.2, -0.15) is 0 Å². The summed E-state index contributed by atoms with van der Waals surface area (Å²) in [4.78, 5) is 19.1. The zero-order chi connectivity index (χ0) is 18.2. The molecule has 1 aromatic carbocycles. The molecular formula is C22H32N2O2. The maximum atomic E-state index is 10.1. The summed E-state index contributed by atoms with van der Waals surface area (Å²) >= 11 is 0. The number of aliphatic imine (C=N–C) groups is 2. The summed E-state index contributed by atoms with van der Waals surface area (Å²) in [6.45, 7) is 9.98. The first-order chi connectivity index (χ1) is 11.6. The number of carbonyl (C=O) groups is 1. The largest absolute Gasteiger partial charge is 0.299 e. The minimum absolute atomic E-state index is 0. The van der Waals surface area contributed by atoms with Crippen molar-refractivity contribution in [2.24, 2.45) is 9.98 Å². The zero-order valence-corrected chi connectivity index (χ0v) is 16.8. The Hall–Kier alpha value is -2.59. The number of aldehydes is 1. The highest BCUT2D eigenvalue weighted by molar-refractivity contribution is 6.40. The standard InChI is InChI=1S/C19H22N2O.C2H6.CH3.HO/c1-16(20-14-10-5-4-6-11-15-22)17(2)21-18(3)19-12-8-7-9-13-19;1-2;;/h4-15,18H,1-3H3;1-2H3;1H3;1H/b5-4-,11-6-,14-10-,20-16?,21-17?;;;. The molecule has 0 saturated heterocycles. The van der Waals surface area contributed by atoms with Crippen LogP contribution in [0.1, 0.15) is 46.2 Å². The van der Waals surface area contributed by atoms with Gasteiger partial charge in [0.05, 0.1) is 17.5 Å². The van der Waals surface area contributed by atoms with Crippen LogP contribution in [-0.2, 0) is 4.79 Å². The summed E-state index contributed by atoms with van der Waals surface area (Å²) in [6, 6.07) is 10.3. The molecule has 1 unspecified atom stereocenters.